The Hall–Kier alpha value is -0.860. The smallest absolute Gasteiger partial charge is 0.0908 e. The van der Waals surface area contributed by atoms with E-state index in [-0.39, 0.29) is 5.92 Å². The maximum absolute atomic E-state index is 10.6. The highest BCUT2D eigenvalue weighted by atomic mass is 16.3. The molecule has 2 heteroatoms. The minimum Gasteiger partial charge on any atom is -0.385 e. The Bertz CT molecular complexity index is 316. The number of rotatable bonds is 5. The van der Waals surface area contributed by atoms with Gasteiger partial charge in [-0.2, -0.15) is 0 Å². The van der Waals surface area contributed by atoms with E-state index in [1.165, 1.54) is 5.56 Å². The first-order valence-electron chi connectivity index (χ1n) is 6.02. The molecule has 1 aromatic rings. The molecule has 0 aromatic heterocycles. The number of hydrogen-bond acceptors (Lipinski definition) is 2. The zero-order valence-electron chi connectivity index (χ0n) is 10.5. The number of nitrogens with two attached hydrogens (primary N) is 1. The summed E-state index contributed by atoms with van der Waals surface area (Å²) in [6.07, 6.45) is 2.00. The van der Waals surface area contributed by atoms with E-state index in [2.05, 4.69) is 6.92 Å². The van der Waals surface area contributed by atoms with E-state index >= 15 is 0 Å². The Morgan fingerprint density at radius 3 is 2.31 bits per heavy atom. The van der Waals surface area contributed by atoms with Gasteiger partial charge in [0.2, 0.25) is 0 Å². The molecule has 2 atom stereocenters. The average Bonchev–Trinajstić information content (AvgIpc) is 2.26. The number of hydrogen-bond donors (Lipinski definition) is 2. The topological polar surface area (TPSA) is 46.2 Å². The molecule has 1 rings (SSSR count). The molecule has 0 radical (unpaired) electrons. The third-order valence-corrected chi connectivity index (χ3v) is 3.35. The van der Waals surface area contributed by atoms with E-state index in [0.29, 0.717) is 6.54 Å². The minimum atomic E-state index is -0.821. The van der Waals surface area contributed by atoms with Gasteiger partial charge in [-0.1, -0.05) is 43.2 Å². The van der Waals surface area contributed by atoms with Crippen LogP contribution in [0.5, 0.6) is 0 Å². The van der Waals surface area contributed by atoms with Gasteiger partial charge in [0.15, 0.2) is 0 Å². The second-order valence-electron chi connectivity index (χ2n) is 4.73. The van der Waals surface area contributed by atoms with Crippen LogP contribution in [-0.2, 0) is 5.60 Å². The van der Waals surface area contributed by atoms with E-state index in [1.807, 2.05) is 38.1 Å². The highest BCUT2D eigenvalue weighted by molar-refractivity contribution is 5.26. The third kappa shape index (κ3) is 2.83. The minimum absolute atomic E-state index is 0.125. The van der Waals surface area contributed by atoms with Gasteiger partial charge in [-0.3, -0.25) is 0 Å². The van der Waals surface area contributed by atoms with Crippen molar-refractivity contribution in [1.29, 1.82) is 0 Å². The standard InChI is InChI=1S/C14H23NO/c1-4-5-13(10-15)14(3,16)12-8-6-11(2)7-9-12/h6-9,13,16H,4-5,10,15H2,1-3H3. The largest absolute Gasteiger partial charge is 0.385 e. The highest BCUT2D eigenvalue weighted by Crippen LogP contribution is 2.31. The molecule has 2 nitrogen and oxygen atoms in total. The van der Waals surface area contributed by atoms with E-state index in [4.69, 9.17) is 5.73 Å². The summed E-state index contributed by atoms with van der Waals surface area (Å²) in [5.74, 6) is 0.125. The van der Waals surface area contributed by atoms with Gasteiger partial charge in [-0.25, -0.2) is 0 Å². The number of aryl methyl sites for hydroxylation is 1. The molecule has 0 fully saturated rings. The SMILES string of the molecule is CCCC(CN)C(C)(O)c1ccc(C)cc1. The first-order valence-corrected chi connectivity index (χ1v) is 6.02. The van der Waals surface area contributed by atoms with Crippen molar-refractivity contribution >= 4 is 0 Å². The summed E-state index contributed by atoms with van der Waals surface area (Å²) in [5.41, 5.74) is 7.10. The maximum atomic E-state index is 10.6. The van der Waals surface area contributed by atoms with Crippen molar-refractivity contribution in [3.63, 3.8) is 0 Å². The molecule has 1 aromatic carbocycles. The van der Waals surface area contributed by atoms with Crippen LogP contribution in [0.1, 0.15) is 37.8 Å². The molecular weight excluding hydrogens is 198 g/mol. The Morgan fingerprint density at radius 1 is 1.31 bits per heavy atom. The van der Waals surface area contributed by atoms with E-state index in [0.717, 1.165) is 18.4 Å². The summed E-state index contributed by atoms with van der Waals surface area (Å²) >= 11 is 0. The molecule has 3 N–H and O–H groups in total. The van der Waals surface area contributed by atoms with Gasteiger partial charge < -0.3 is 10.8 Å². The molecule has 0 aliphatic rings. The Kier molecular flexibility index (Phi) is 4.51. The quantitative estimate of drug-likeness (QED) is 0.802. The lowest BCUT2D eigenvalue weighted by Crippen LogP contribution is -2.36. The fraction of sp³-hybridized carbons (Fsp3) is 0.571. The van der Waals surface area contributed by atoms with Gasteiger partial charge >= 0.3 is 0 Å². The van der Waals surface area contributed by atoms with Crippen LogP contribution in [0.4, 0.5) is 0 Å². The average molecular weight is 221 g/mol. The Balaban J connectivity index is 2.94. The van der Waals surface area contributed by atoms with E-state index in [9.17, 15) is 5.11 Å². The zero-order chi connectivity index (χ0) is 12.2. The molecule has 0 saturated carbocycles. The Morgan fingerprint density at radius 2 is 1.88 bits per heavy atom. The lowest BCUT2D eigenvalue weighted by atomic mass is 9.80. The zero-order valence-corrected chi connectivity index (χ0v) is 10.5. The van der Waals surface area contributed by atoms with Gasteiger partial charge in [-0.05, 0) is 32.4 Å². The summed E-state index contributed by atoms with van der Waals surface area (Å²) < 4.78 is 0. The van der Waals surface area contributed by atoms with Crippen LogP contribution in [0.15, 0.2) is 24.3 Å². The molecule has 2 unspecified atom stereocenters. The van der Waals surface area contributed by atoms with Crippen LogP contribution in [0.25, 0.3) is 0 Å². The van der Waals surface area contributed by atoms with E-state index < -0.39 is 5.60 Å². The van der Waals surface area contributed by atoms with Crippen molar-refractivity contribution in [2.45, 2.75) is 39.2 Å². The van der Waals surface area contributed by atoms with Gasteiger partial charge in [0, 0.05) is 5.92 Å². The lowest BCUT2D eigenvalue weighted by molar-refractivity contribution is -0.00627. The first kappa shape index (κ1) is 13.2. The van der Waals surface area contributed by atoms with Crippen molar-refractivity contribution in [1.82, 2.24) is 0 Å². The maximum Gasteiger partial charge on any atom is 0.0908 e. The second kappa shape index (κ2) is 5.46. The van der Waals surface area contributed by atoms with Crippen LogP contribution in [0.2, 0.25) is 0 Å². The van der Waals surface area contributed by atoms with Crippen molar-refractivity contribution in [3.05, 3.63) is 35.4 Å². The summed E-state index contributed by atoms with van der Waals surface area (Å²) in [6, 6.07) is 8.05. The molecule has 0 aliphatic heterocycles. The van der Waals surface area contributed by atoms with Crippen LogP contribution in [0.3, 0.4) is 0 Å². The molecule has 0 saturated heterocycles. The third-order valence-electron chi connectivity index (χ3n) is 3.35. The van der Waals surface area contributed by atoms with Gasteiger partial charge in [0.25, 0.3) is 0 Å². The monoisotopic (exact) mass is 221 g/mol. The van der Waals surface area contributed by atoms with Gasteiger partial charge in [-0.15, -0.1) is 0 Å². The molecule has 0 aliphatic carbocycles. The van der Waals surface area contributed by atoms with Crippen LogP contribution < -0.4 is 5.73 Å². The van der Waals surface area contributed by atoms with E-state index in [1.54, 1.807) is 0 Å². The summed E-state index contributed by atoms with van der Waals surface area (Å²) in [4.78, 5) is 0. The summed E-state index contributed by atoms with van der Waals surface area (Å²) in [7, 11) is 0. The van der Waals surface area contributed by atoms with Gasteiger partial charge in [0.05, 0.1) is 5.60 Å². The fourth-order valence-corrected chi connectivity index (χ4v) is 2.10. The predicted octanol–water partition coefficient (Wildman–Crippen LogP) is 2.58. The first-order chi connectivity index (χ1) is 7.52. The normalized spacial score (nSPS) is 16.8. The molecule has 90 valence electrons. The molecular formula is C14H23NO. The number of benzene rings is 1. The Labute approximate surface area is 98.5 Å². The van der Waals surface area contributed by atoms with Crippen molar-refractivity contribution in [2.75, 3.05) is 6.54 Å². The summed E-state index contributed by atoms with van der Waals surface area (Å²) in [5, 5.41) is 10.6. The lowest BCUT2D eigenvalue weighted by Gasteiger charge is -2.32. The molecule has 0 bridgehead atoms. The fourth-order valence-electron chi connectivity index (χ4n) is 2.10. The number of aliphatic hydroxyl groups is 1. The predicted molar refractivity (Wildman–Crippen MR) is 68.2 cm³/mol. The van der Waals surface area contributed by atoms with Crippen LogP contribution in [0, 0.1) is 12.8 Å². The van der Waals surface area contributed by atoms with Crippen molar-refractivity contribution in [2.24, 2.45) is 11.7 Å². The summed E-state index contributed by atoms with van der Waals surface area (Å²) in [6.45, 7) is 6.55. The second-order valence-corrected chi connectivity index (χ2v) is 4.73. The van der Waals surface area contributed by atoms with Gasteiger partial charge in [0.1, 0.15) is 0 Å². The highest BCUT2D eigenvalue weighted by Gasteiger charge is 2.31. The molecule has 0 spiro atoms. The molecule has 0 heterocycles. The van der Waals surface area contributed by atoms with Crippen molar-refractivity contribution < 1.29 is 5.11 Å². The van der Waals surface area contributed by atoms with Crippen LogP contribution >= 0.6 is 0 Å². The molecule has 0 amide bonds. The van der Waals surface area contributed by atoms with Crippen molar-refractivity contribution in [3.8, 4) is 0 Å². The molecule has 16 heavy (non-hydrogen) atoms. The van der Waals surface area contributed by atoms with Crippen LogP contribution in [-0.4, -0.2) is 11.7 Å².